The number of nitrogens with zero attached hydrogens (tertiary/aromatic N) is 4. The second-order valence-corrected chi connectivity index (χ2v) is 8.43. The van der Waals surface area contributed by atoms with Crippen LogP contribution in [0, 0.1) is 5.82 Å². The minimum Gasteiger partial charge on any atom is -0.478 e. The number of anilines is 2. The van der Waals surface area contributed by atoms with Gasteiger partial charge in [0.1, 0.15) is 18.1 Å². The Labute approximate surface area is 224 Å². The number of halogens is 2. The third kappa shape index (κ3) is 6.40. The number of nitrogens with one attached hydrogen (secondary N) is 3. The number of aromatic nitrogens is 4. The number of carboxylic acid groups (broad SMARTS) is 1. The number of amides is 3. The summed E-state index contributed by atoms with van der Waals surface area (Å²) in [4.78, 5) is 50.4. The molecule has 0 aliphatic carbocycles. The first-order chi connectivity index (χ1) is 18.7. The van der Waals surface area contributed by atoms with E-state index in [0.29, 0.717) is 5.56 Å². The van der Waals surface area contributed by atoms with Crippen LogP contribution >= 0.6 is 11.6 Å². The lowest BCUT2D eigenvalue weighted by Crippen LogP contribution is -2.49. The summed E-state index contributed by atoms with van der Waals surface area (Å²) in [6.45, 7) is 0. The van der Waals surface area contributed by atoms with Crippen LogP contribution in [0.15, 0.2) is 73.1 Å². The highest BCUT2D eigenvalue weighted by atomic mass is 35.5. The topological polar surface area (TPSA) is 168 Å². The van der Waals surface area contributed by atoms with Crippen LogP contribution in [-0.2, 0) is 20.8 Å². The van der Waals surface area contributed by atoms with E-state index < -0.39 is 41.2 Å². The van der Waals surface area contributed by atoms with Crippen molar-refractivity contribution in [1.82, 2.24) is 25.5 Å². The van der Waals surface area contributed by atoms with Crippen molar-refractivity contribution in [2.75, 3.05) is 10.6 Å². The van der Waals surface area contributed by atoms with Crippen LogP contribution in [0.5, 0.6) is 0 Å². The van der Waals surface area contributed by atoms with Crippen LogP contribution in [0.1, 0.15) is 15.9 Å². The lowest BCUT2D eigenvalue weighted by Gasteiger charge is -2.19. The van der Waals surface area contributed by atoms with Crippen LogP contribution < -0.4 is 16.0 Å². The number of para-hydroxylation sites is 1. The summed E-state index contributed by atoms with van der Waals surface area (Å²) >= 11 is 5.86. The van der Waals surface area contributed by atoms with Crippen LogP contribution in [0.4, 0.5) is 15.8 Å². The molecule has 1 heterocycles. The summed E-state index contributed by atoms with van der Waals surface area (Å²) in [5.41, 5.74) is 0.00632. The molecule has 1 aromatic heterocycles. The Morgan fingerprint density at radius 3 is 2.36 bits per heavy atom. The molecule has 1 atom stereocenters. The van der Waals surface area contributed by atoms with E-state index in [4.69, 9.17) is 11.6 Å². The highest BCUT2D eigenvalue weighted by Gasteiger charge is 2.27. The SMILES string of the molecule is O=C(Nc1c(-n2cnnn2)ccc(Cl)c1F)C(=O)NC(Cc1ccccc1)C(=O)Nc1ccccc1C(=O)O. The molecule has 0 saturated carbocycles. The Bertz CT molecular complexity index is 1530. The van der Waals surface area contributed by atoms with E-state index >= 15 is 0 Å². The van der Waals surface area contributed by atoms with Gasteiger partial charge in [-0.2, -0.15) is 4.68 Å². The molecule has 12 nitrogen and oxygen atoms in total. The Morgan fingerprint density at radius 2 is 1.67 bits per heavy atom. The van der Waals surface area contributed by atoms with Gasteiger partial charge in [0.15, 0.2) is 5.82 Å². The maximum atomic E-state index is 14.8. The maximum absolute atomic E-state index is 14.8. The summed E-state index contributed by atoms with van der Waals surface area (Å²) in [6, 6.07) is 15.6. The normalized spacial score (nSPS) is 11.3. The summed E-state index contributed by atoms with van der Waals surface area (Å²) < 4.78 is 15.9. The Morgan fingerprint density at radius 1 is 0.949 bits per heavy atom. The molecule has 0 aliphatic heterocycles. The molecule has 4 rings (SSSR count). The molecule has 0 fully saturated rings. The Balaban J connectivity index is 1.57. The van der Waals surface area contributed by atoms with Gasteiger partial charge in [0, 0.05) is 6.42 Å². The summed E-state index contributed by atoms with van der Waals surface area (Å²) in [7, 11) is 0. The number of rotatable bonds is 8. The lowest BCUT2D eigenvalue weighted by molar-refractivity contribution is -0.137. The standard InChI is InChI=1S/C25H19ClFN7O5/c26-16-10-11-19(34-13-28-32-33-34)21(20(16)27)31-24(37)23(36)30-18(12-14-6-2-1-3-7-14)22(35)29-17-9-5-4-8-15(17)25(38)39/h1-11,13,18H,12H2,(H,29,35)(H,30,36)(H,31,37)(H,38,39). The molecule has 3 amide bonds. The molecule has 0 aliphatic rings. The second kappa shape index (κ2) is 11.9. The zero-order valence-corrected chi connectivity index (χ0v) is 20.6. The molecule has 4 aromatic rings. The minimum absolute atomic E-state index is 0.00107. The highest BCUT2D eigenvalue weighted by molar-refractivity contribution is 6.40. The van der Waals surface area contributed by atoms with Crippen molar-refractivity contribution in [1.29, 1.82) is 0 Å². The van der Waals surface area contributed by atoms with Crippen molar-refractivity contribution in [3.63, 3.8) is 0 Å². The molecule has 4 N–H and O–H groups in total. The summed E-state index contributed by atoms with van der Waals surface area (Å²) in [5, 5.41) is 26.6. The van der Waals surface area contributed by atoms with Gasteiger partial charge < -0.3 is 21.1 Å². The van der Waals surface area contributed by atoms with E-state index in [1.54, 1.807) is 30.3 Å². The number of carbonyl (C=O) groups is 4. The van der Waals surface area contributed by atoms with Gasteiger partial charge >= 0.3 is 17.8 Å². The van der Waals surface area contributed by atoms with Gasteiger partial charge in [-0.05, 0) is 40.3 Å². The van der Waals surface area contributed by atoms with Gasteiger partial charge in [-0.15, -0.1) is 5.10 Å². The molecule has 0 saturated heterocycles. The zero-order chi connectivity index (χ0) is 27.9. The van der Waals surface area contributed by atoms with Gasteiger partial charge in [-0.3, -0.25) is 14.4 Å². The third-order valence-corrected chi connectivity index (χ3v) is 5.73. The Kier molecular flexibility index (Phi) is 8.21. The largest absolute Gasteiger partial charge is 0.478 e. The van der Waals surface area contributed by atoms with Crippen molar-refractivity contribution < 1.29 is 28.7 Å². The number of tetrazole rings is 1. The zero-order valence-electron chi connectivity index (χ0n) is 19.8. The quantitative estimate of drug-likeness (QED) is 0.242. The second-order valence-electron chi connectivity index (χ2n) is 8.02. The fourth-order valence-electron chi connectivity index (χ4n) is 3.57. The minimum atomic E-state index is -1.31. The molecular weight excluding hydrogens is 533 g/mol. The average molecular weight is 552 g/mol. The molecule has 1 unspecified atom stereocenters. The molecule has 0 spiro atoms. The van der Waals surface area contributed by atoms with Crippen molar-refractivity contribution >= 4 is 46.7 Å². The number of hydrogen-bond acceptors (Lipinski definition) is 7. The number of carboxylic acids is 1. The van der Waals surface area contributed by atoms with Crippen molar-refractivity contribution in [3.05, 3.63) is 95.0 Å². The highest BCUT2D eigenvalue weighted by Crippen LogP contribution is 2.29. The molecule has 0 radical (unpaired) electrons. The van der Waals surface area contributed by atoms with Crippen molar-refractivity contribution in [2.45, 2.75) is 12.5 Å². The third-order valence-electron chi connectivity index (χ3n) is 5.43. The summed E-state index contributed by atoms with van der Waals surface area (Å²) in [6.07, 6.45) is 1.11. The molecule has 0 bridgehead atoms. The monoisotopic (exact) mass is 551 g/mol. The van der Waals surface area contributed by atoms with Crippen molar-refractivity contribution in [3.8, 4) is 5.69 Å². The maximum Gasteiger partial charge on any atom is 0.337 e. The van der Waals surface area contributed by atoms with Crippen LogP contribution in [0.2, 0.25) is 5.02 Å². The van der Waals surface area contributed by atoms with Crippen LogP contribution in [0.3, 0.4) is 0 Å². The number of aromatic carboxylic acids is 1. The number of hydrogen-bond donors (Lipinski definition) is 4. The van der Waals surface area contributed by atoms with E-state index in [0.717, 1.165) is 11.0 Å². The molecule has 3 aromatic carbocycles. The fraction of sp³-hybridized carbons (Fsp3) is 0.0800. The average Bonchev–Trinajstić information content (AvgIpc) is 3.46. The Hall–Kier alpha value is -5.17. The smallest absolute Gasteiger partial charge is 0.337 e. The van der Waals surface area contributed by atoms with E-state index in [-0.39, 0.29) is 28.4 Å². The van der Waals surface area contributed by atoms with Gasteiger partial charge in [-0.25, -0.2) is 9.18 Å². The number of benzene rings is 3. The molecule has 39 heavy (non-hydrogen) atoms. The van der Waals surface area contributed by atoms with E-state index in [9.17, 15) is 28.7 Å². The first kappa shape index (κ1) is 26.9. The lowest BCUT2D eigenvalue weighted by atomic mass is 10.0. The van der Waals surface area contributed by atoms with Crippen molar-refractivity contribution in [2.24, 2.45) is 0 Å². The predicted octanol–water partition coefficient (Wildman–Crippen LogP) is 2.46. The van der Waals surface area contributed by atoms with Crippen LogP contribution in [0.25, 0.3) is 5.69 Å². The summed E-state index contributed by atoms with van der Waals surface area (Å²) in [5.74, 6) is -5.65. The van der Waals surface area contributed by atoms with Gasteiger partial charge in [-0.1, -0.05) is 54.1 Å². The van der Waals surface area contributed by atoms with E-state index in [1.807, 2.05) is 0 Å². The van der Waals surface area contributed by atoms with E-state index in [1.165, 1.54) is 36.4 Å². The van der Waals surface area contributed by atoms with Crippen LogP contribution in [-0.4, -0.2) is 55.0 Å². The van der Waals surface area contributed by atoms with Gasteiger partial charge in [0.2, 0.25) is 5.91 Å². The first-order valence-electron chi connectivity index (χ1n) is 11.2. The molecular formula is C25H19ClFN7O5. The molecule has 14 heteroatoms. The molecule has 198 valence electrons. The first-order valence-corrected chi connectivity index (χ1v) is 11.6. The predicted molar refractivity (Wildman–Crippen MR) is 137 cm³/mol. The number of carbonyl (C=O) groups excluding carboxylic acids is 3. The van der Waals surface area contributed by atoms with E-state index in [2.05, 4.69) is 31.5 Å². The fourth-order valence-corrected chi connectivity index (χ4v) is 3.73. The van der Waals surface area contributed by atoms with Gasteiger partial charge in [0.25, 0.3) is 0 Å². The van der Waals surface area contributed by atoms with Gasteiger partial charge in [0.05, 0.1) is 22.0 Å².